The first-order chi connectivity index (χ1) is 16.3. The lowest BCUT2D eigenvalue weighted by Crippen LogP contribution is -2.43. The number of benzene rings is 2. The van der Waals surface area contributed by atoms with Gasteiger partial charge in [-0.1, -0.05) is 18.2 Å². The molecule has 1 atom stereocenters. The molecule has 0 saturated carbocycles. The third-order valence-corrected chi connectivity index (χ3v) is 7.65. The normalized spacial score (nSPS) is 15.7. The molecule has 0 radical (unpaired) electrons. The SMILES string of the molecule is Cc1cccc(S(=O)(=O)N2C[C@H](CCC(=O)O)Oc3ccc(-c4cccc5nccn45)cc32)c1. The van der Waals surface area contributed by atoms with Crippen molar-refractivity contribution in [3.8, 4) is 17.0 Å². The lowest BCUT2D eigenvalue weighted by molar-refractivity contribution is -0.137. The maximum atomic E-state index is 13.7. The molecule has 0 spiro atoms. The van der Waals surface area contributed by atoms with E-state index in [1.54, 1.807) is 36.5 Å². The van der Waals surface area contributed by atoms with E-state index >= 15 is 0 Å². The maximum absolute atomic E-state index is 13.7. The average Bonchev–Trinajstić information content (AvgIpc) is 3.31. The molecular weight excluding hydrogens is 454 g/mol. The van der Waals surface area contributed by atoms with E-state index < -0.39 is 22.1 Å². The van der Waals surface area contributed by atoms with Crippen LogP contribution in [0.2, 0.25) is 0 Å². The van der Waals surface area contributed by atoms with Crippen molar-refractivity contribution in [2.75, 3.05) is 10.8 Å². The van der Waals surface area contributed by atoms with Crippen molar-refractivity contribution in [2.24, 2.45) is 0 Å². The average molecular weight is 478 g/mol. The van der Waals surface area contributed by atoms with E-state index in [1.165, 1.54) is 4.31 Å². The summed E-state index contributed by atoms with van der Waals surface area (Å²) in [7, 11) is -3.91. The van der Waals surface area contributed by atoms with Gasteiger partial charge in [0.15, 0.2) is 0 Å². The van der Waals surface area contributed by atoms with Gasteiger partial charge in [-0.2, -0.15) is 0 Å². The molecule has 5 rings (SSSR count). The fourth-order valence-corrected chi connectivity index (χ4v) is 5.82. The highest BCUT2D eigenvalue weighted by Gasteiger charge is 2.35. The summed E-state index contributed by atoms with van der Waals surface area (Å²) >= 11 is 0. The van der Waals surface area contributed by atoms with Crippen LogP contribution in [0.3, 0.4) is 0 Å². The standard InChI is InChI=1S/C25H23N3O5S/c1-17-4-2-5-20(14-17)34(31,32)28-16-19(9-11-25(29)30)33-23-10-8-18(15-22(23)28)21-6-3-7-24-26-12-13-27(21)24/h2-8,10,12-15,19H,9,11,16H2,1H3,(H,29,30)/t19-/m0/s1. The van der Waals surface area contributed by atoms with Crippen LogP contribution >= 0.6 is 0 Å². The van der Waals surface area contributed by atoms with Gasteiger partial charge < -0.3 is 9.84 Å². The zero-order valence-electron chi connectivity index (χ0n) is 18.5. The van der Waals surface area contributed by atoms with Gasteiger partial charge in [0.2, 0.25) is 0 Å². The van der Waals surface area contributed by atoms with E-state index in [0.29, 0.717) is 11.4 Å². The Bertz CT molecular complexity index is 1500. The first-order valence-corrected chi connectivity index (χ1v) is 12.3. The highest BCUT2D eigenvalue weighted by Crippen LogP contribution is 2.40. The molecule has 1 aliphatic rings. The van der Waals surface area contributed by atoms with E-state index in [2.05, 4.69) is 4.98 Å². The summed E-state index contributed by atoms with van der Waals surface area (Å²) in [6, 6.07) is 17.9. The fourth-order valence-electron chi connectivity index (χ4n) is 4.22. The highest BCUT2D eigenvalue weighted by molar-refractivity contribution is 7.92. The van der Waals surface area contributed by atoms with Crippen molar-refractivity contribution in [1.29, 1.82) is 0 Å². The molecule has 0 unspecified atom stereocenters. The molecule has 4 aromatic rings. The zero-order valence-corrected chi connectivity index (χ0v) is 19.3. The molecule has 0 aliphatic carbocycles. The van der Waals surface area contributed by atoms with Crippen LogP contribution in [0.1, 0.15) is 18.4 Å². The molecule has 2 aromatic heterocycles. The summed E-state index contributed by atoms with van der Waals surface area (Å²) in [5.74, 6) is -0.550. The Morgan fingerprint density at radius 3 is 2.76 bits per heavy atom. The van der Waals surface area contributed by atoms with Crippen LogP contribution in [0.5, 0.6) is 5.75 Å². The van der Waals surface area contributed by atoms with Crippen LogP contribution in [-0.4, -0.2) is 41.5 Å². The molecule has 3 heterocycles. The van der Waals surface area contributed by atoms with Crippen molar-refractivity contribution >= 4 is 27.3 Å². The summed E-state index contributed by atoms with van der Waals surface area (Å²) in [4.78, 5) is 15.6. The summed E-state index contributed by atoms with van der Waals surface area (Å²) in [6.45, 7) is 1.86. The smallest absolute Gasteiger partial charge is 0.303 e. The summed E-state index contributed by atoms with van der Waals surface area (Å²) in [6.07, 6.45) is 3.07. The number of carbonyl (C=O) groups is 1. The minimum absolute atomic E-state index is 0.0231. The van der Waals surface area contributed by atoms with Gasteiger partial charge in [0, 0.05) is 24.4 Å². The van der Waals surface area contributed by atoms with Crippen LogP contribution in [0.4, 0.5) is 5.69 Å². The topological polar surface area (TPSA) is 101 Å². The number of anilines is 1. The van der Waals surface area contributed by atoms with Gasteiger partial charge in [-0.05, 0) is 61.4 Å². The van der Waals surface area contributed by atoms with E-state index in [4.69, 9.17) is 9.84 Å². The van der Waals surface area contributed by atoms with Crippen molar-refractivity contribution < 1.29 is 23.1 Å². The Labute approximate surface area is 197 Å². The van der Waals surface area contributed by atoms with Gasteiger partial charge in [0.1, 0.15) is 17.5 Å². The molecule has 2 aromatic carbocycles. The van der Waals surface area contributed by atoms with E-state index in [9.17, 15) is 13.2 Å². The lowest BCUT2D eigenvalue weighted by Gasteiger charge is -2.35. The number of carboxylic acids is 1. The number of aliphatic carboxylic acids is 1. The third kappa shape index (κ3) is 3.99. The number of fused-ring (bicyclic) bond motifs is 2. The van der Waals surface area contributed by atoms with Gasteiger partial charge in [-0.25, -0.2) is 13.4 Å². The number of aryl methyl sites for hydroxylation is 1. The second-order valence-corrected chi connectivity index (χ2v) is 10.1. The van der Waals surface area contributed by atoms with Crippen LogP contribution in [0.25, 0.3) is 16.9 Å². The predicted octanol–water partition coefficient (Wildman–Crippen LogP) is 4.13. The number of hydrogen-bond donors (Lipinski definition) is 1. The number of imidazole rings is 1. The molecule has 1 aliphatic heterocycles. The molecule has 0 saturated heterocycles. The van der Waals surface area contributed by atoms with Gasteiger partial charge in [0.05, 0.1) is 22.8 Å². The Balaban J connectivity index is 1.62. The first kappa shape index (κ1) is 22.0. The number of hydrogen-bond acceptors (Lipinski definition) is 5. The number of rotatable bonds is 6. The highest BCUT2D eigenvalue weighted by atomic mass is 32.2. The lowest BCUT2D eigenvalue weighted by atomic mass is 10.1. The first-order valence-electron chi connectivity index (χ1n) is 10.9. The summed E-state index contributed by atoms with van der Waals surface area (Å²) in [5.41, 5.74) is 3.70. The molecule has 0 amide bonds. The molecule has 8 nitrogen and oxygen atoms in total. The van der Waals surface area contributed by atoms with Crippen LogP contribution in [0, 0.1) is 6.92 Å². The largest absolute Gasteiger partial charge is 0.486 e. The van der Waals surface area contributed by atoms with Crippen molar-refractivity contribution in [3.05, 3.63) is 78.6 Å². The number of nitrogens with zero attached hydrogens (tertiary/aromatic N) is 3. The number of sulfonamides is 1. The zero-order chi connectivity index (χ0) is 23.9. The predicted molar refractivity (Wildman–Crippen MR) is 128 cm³/mol. The minimum atomic E-state index is -3.91. The summed E-state index contributed by atoms with van der Waals surface area (Å²) in [5, 5.41) is 9.11. The maximum Gasteiger partial charge on any atom is 0.303 e. The van der Waals surface area contributed by atoms with Gasteiger partial charge in [-0.3, -0.25) is 13.5 Å². The molecule has 174 valence electrons. The Hall–Kier alpha value is -3.85. The summed E-state index contributed by atoms with van der Waals surface area (Å²) < 4.78 is 36.8. The molecule has 9 heteroatoms. The Morgan fingerprint density at radius 1 is 1.15 bits per heavy atom. The number of carboxylic acid groups (broad SMARTS) is 1. The Morgan fingerprint density at radius 2 is 1.97 bits per heavy atom. The van der Waals surface area contributed by atoms with Crippen molar-refractivity contribution in [1.82, 2.24) is 9.38 Å². The molecule has 0 bridgehead atoms. The molecular formula is C25H23N3O5S. The minimum Gasteiger partial charge on any atom is -0.486 e. The number of aromatic nitrogens is 2. The van der Waals surface area contributed by atoms with E-state index in [-0.39, 0.29) is 24.3 Å². The van der Waals surface area contributed by atoms with E-state index in [0.717, 1.165) is 22.5 Å². The molecule has 1 N–H and O–H groups in total. The van der Waals surface area contributed by atoms with Gasteiger partial charge in [0.25, 0.3) is 10.0 Å². The van der Waals surface area contributed by atoms with Crippen molar-refractivity contribution in [3.63, 3.8) is 0 Å². The third-order valence-electron chi connectivity index (χ3n) is 5.87. The number of pyridine rings is 1. The second-order valence-electron chi connectivity index (χ2n) is 8.27. The van der Waals surface area contributed by atoms with Crippen LogP contribution < -0.4 is 9.04 Å². The van der Waals surface area contributed by atoms with Crippen molar-refractivity contribution in [2.45, 2.75) is 30.8 Å². The fraction of sp³-hybridized carbons (Fsp3) is 0.200. The van der Waals surface area contributed by atoms with Crippen LogP contribution in [0.15, 0.2) is 78.0 Å². The monoisotopic (exact) mass is 477 g/mol. The molecule has 34 heavy (non-hydrogen) atoms. The quantitative estimate of drug-likeness (QED) is 0.448. The molecule has 0 fully saturated rings. The van der Waals surface area contributed by atoms with E-state index in [1.807, 2.05) is 47.9 Å². The van der Waals surface area contributed by atoms with Gasteiger partial charge in [-0.15, -0.1) is 0 Å². The van der Waals surface area contributed by atoms with Gasteiger partial charge >= 0.3 is 5.97 Å². The number of ether oxygens (including phenoxy) is 1. The van der Waals surface area contributed by atoms with Crippen LogP contribution in [-0.2, 0) is 14.8 Å². The second kappa shape index (κ2) is 8.49. The Kier molecular flexibility index (Phi) is 5.49.